The molecule has 226 valence electrons. The van der Waals surface area contributed by atoms with Crippen molar-refractivity contribution in [2.75, 3.05) is 6.61 Å². The zero-order valence-electron chi connectivity index (χ0n) is 24.9. The van der Waals surface area contributed by atoms with E-state index in [0.29, 0.717) is 28.1 Å². The molecule has 3 heterocycles. The number of benzene rings is 1. The van der Waals surface area contributed by atoms with Crippen molar-refractivity contribution in [2.45, 2.75) is 77.0 Å². The number of pyridine rings is 1. The fourth-order valence-electron chi connectivity index (χ4n) is 6.43. The number of H-pyrrole nitrogens is 1. The molecule has 1 amide bonds. The second-order valence-electron chi connectivity index (χ2n) is 13.2. The summed E-state index contributed by atoms with van der Waals surface area (Å²) in [5.74, 6) is 0.202. The van der Waals surface area contributed by atoms with Crippen molar-refractivity contribution in [3.05, 3.63) is 70.4 Å². The molecule has 11 heteroatoms. The lowest BCUT2D eigenvalue weighted by Crippen LogP contribution is -2.55. The molecule has 1 aromatic carbocycles. The highest BCUT2D eigenvalue weighted by Gasteiger charge is 2.54. The van der Waals surface area contributed by atoms with Gasteiger partial charge in [-0.1, -0.05) is 32.0 Å². The number of ether oxygens (including phenoxy) is 2. The van der Waals surface area contributed by atoms with Crippen LogP contribution in [-0.2, 0) is 9.53 Å². The summed E-state index contributed by atoms with van der Waals surface area (Å²) in [7, 11) is 0. The zero-order valence-corrected chi connectivity index (χ0v) is 24.9. The average Bonchev–Trinajstić information content (AvgIpc) is 3.36. The molecule has 0 unspecified atom stereocenters. The van der Waals surface area contributed by atoms with Gasteiger partial charge in [-0.05, 0) is 69.1 Å². The zero-order chi connectivity index (χ0) is 30.5. The molecule has 0 aliphatic heterocycles. The largest absolute Gasteiger partial charge is 0.488 e. The Balaban J connectivity index is 1.02. The van der Waals surface area contributed by atoms with E-state index in [2.05, 4.69) is 20.6 Å². The minimum atomic E-state index is -0.876. The van der Waals surface area contributed by atoms with E-state index in [1.165, 1.54) is 0 Å². The van der Waals surface area contributed by atoms with Crippen LogP contribution in [-0.4, -0.2) is 56.0 Å². The Kier molecular flexibility index (Phi) is 7.24. The SMILES string of the molecule is CC(C)[C@H](N)C(=O)OC(C)(C)COc1ccc2c(C(=O)NC3CC4(C3)CC(c3n[nH]c(=O)c5ccccc35)C4)cnn2c1. The molecule has 6 rings (SSSR count). The number of hydrogen-bond acceptors (Lipinski definition) is 8. The minimum absolute atomic E-state index is 0.0268. The number of carbonyl (C=O) groups is 2. The normalized spacial score (nSPS) is 22.3. The number of aromatic nitrogens is 4. The second-order valence-corrected chi connectivity index (χ2v) is 13.2. The Bertz CT molecular complexity index is 1740. The van der Waals surface area contributed by atoms with Crippen molar-refractivity contribution in [3.8, 4) is 5.75 Å². The van der Waals surface area contributed by atoms with Crippen LogP contribution < -0.4 is 21.3 Å². The number of nitrogens with zero attached hydrogens (tertiary/aromatic N) is 3. The van der Waals surface area contributed by atoms with Crippen molar-refractivity contribution in [3.63, 3.8) is 0 Å². The first kappa shape index (κ1) is 28.9. The molecular formula is C32H38N6O5. The number of hydrogen-bond donors (Lipinski definition) is 3. The summed E-state index contributed by atoms with van der Waals surface area (Å²) in [4.78, 5) is 37.6. The smallest absolute Gasteiger partial charge is 0.323 e. The Morgan fingerprint density at radius 1 is 1.14 bits per heavy atom. The van der Waals surface area contributed by atoms with Crippen LogP contribution in [0.25, 0.3) is 16.3 Å². The van der Waals surface area contributed by atoms with Gasteiger partial charge in [0.2, 0.25) is 0 Å². The Labute approximate surface area is 249 Å². The van der Waals surface area contributed by atoms with Crippen molar-refractivity contribution >= 4 is 28.2 Å². The van der Waals surface area contributed by atoms with E-state index < -0.39 is 17.6 Å². The van der Waals surface area contributed by atoms with Gasteiger partial charge in [0.1, 0.15) is 24.0 Å². The topological polar surface area (TPSA) is 154 Å². The van der Waals surface area contributed by atoms with Crippen LogP contribution in [0.2, 0.25) is 0 Å². The van der Waals surface area contributed by atoms with E-state index in [-0.39, 0.29) is 35.4 Å². The first-order valence-electron chi connectivity index (χ1n) is 14.8. The Morgan fingerprint density at radius 3 is 2.58 bits per heavy atom. The molecule has 2 fully saturated rings. The van der Waals surface area contributed by atoms with Crippen LogP contribution in [0, 0.1) is 11.3 Å². The maximum absolute atomic E-state index is 13.2. The van der Waals surface area contributed by atoms with Gasteiger partial charge in [0.15, 0.2) is 0 Å². The first-order valence-corrected chi connectivity index (χ1v) is 14.8. The number of nitrogens with two attached hydrogens (primary N) is 1. The molecule has 11 nitrogen and oxygen atoms in total. The lowest BCUT2D eigenvalue weighted by atomic mass is 9.49. The van der Waals surface area contributed by atoms with Crippen LogP contribution in [0.15, 0.2) is 53.6 Å². The van der Waals surface area contributed by atoms with Crippen LogP contribution in [0.1, 0.15) is 75.3 Å². The van der Waals surface area contributed by atoms with E-state index in [9.17, 15) is 14.4 Å². The minimum Gasteiger partial charge on any atom is -0.488 e. The molecule has 1 atom stereocenters. The van der Waals surface area contributed by atoms with E-state index in [1.54, 1.807) is 42.9 Å². The molecule has 0 bridgehead atoms. The van der Waals surface area contributed by atoms with Crippen molar-refractivity contribution in [1.82, 2.24) is 25.1 Å². The molecule has 2 saturated carbocycles. The molecule has 3 aromatic heterocycles. The van der Waals surface area contributed by atoms with Crippen LogP contribution >= 0.6 is 0 Å². The van der Waals surface area contributed by atoms with Crippen molar-refractivity contribution in [2.24, 2.45) is 17.1 Å². The summed E-state index contributed by atoms with van der Waals surface area (Å²) >= 11 is 0. The third kappa shape index (κ3) is 5.61. The van der Waals surface area contributed by atoms with Crippen LogP contribution in [0.4, 0.5) is 0 Å². The maximum atomic E-state index is 13.2. The van der Waals surface area contributed by atoms with Gasteiger partial charge in [-0.2, -0.15) is 10.2 Å². The number of carbonyl (C=O) groups excluding carboxylic acids is 2. The molecule has 43 heavy (non-hydrogen) atoms. The van der Waals surface area contributed by atoms with E-state index in [4.69, 9.17) is 15.2 Å². The van der Waals surface area contributed by atoms with E-state index >= 15 is 0 Å². The first-order chi connectivity index (χ1) is 20.4. The number of fused-ring (bicyclic) bond motifs is 2. The highest BCUT2D eigenvalue weighted by Crippen LogP contribution is 2.62. The number of rotatable bonds is 9. The lowest BCUT2D eigenvalue weighted by Gasteiger charge is -2.57. The van der Waals surface area contributed by atoms with Gasteiger partial charge in [0, 0.05) is 17.3 Å². The molecule has 2 aliphatic carbocycles. The van der Waals surface area contributed by atoms with Gasteiger partial charge in [0.25, 0.3) is 11.5 Å². The van der Waals surface area contributed by atoms with Gasteiger partial charge in [-0.25, -0.2) is 9.61 Å². The monoisotopic (exact) mass is 586 g/mol. The lowest BCUT2D eigenvalue weighted by molar-refractivity contribution is -0.161. The quantitative estimate of drug-likeness (QED) is 0.251. The Hall–Kier alpha value is -4.25. The van der Waals surface area contributed by atoms with Gasteiger partial charge < -0.3 is 20.5 Å². The summed E-state index contributed by atoms with van der Waals surface area (Å²) < 4.78 is 13.1. The Morgan fingerprint density at radius 2 is 1.86 bits per heavy atom. The number of amides is 1. The maximum Gasteiger partial charge on any atom is 0.323 e. The predicted octanol–water partition coefficient (Wildman–Crippen LogP) is 3.71. The van der Waals surface area contributed by atoms with Gasteiger partial charge in [-0.15, -0.1) is 0 Å². The highest BCUT2D eigenvalue weighted by molar-refractivity contribution is 6.00. The second kappa shape index (κ2) is 10.8. The number of esters is 1. The van der Waals surface area contributed by atoms with E-state index in [0.717, 1.165) is 36.8 Å². The standard InChI is InChI=1S/C32H38N6O5/c1-18(2)26(33)30(41)43-31(3,4)17-42-21-9-10-25-24(15-34-38(25)16-21)28(39)35-20-13-32(14-20)11-19(12-32)27-22-7-5-6-8-23(22)29(40)37-36-27/h5-10,15-16,18-20,26H,11-14,17,33H2,1-4H3,(H,35,39)(H,37,40)/t19?,20?,26-,32?/m0/s1. The number of nitrogens with one attached hydrogen (secondary N) is 2. The molecule has 2 aliphatic rings. The molecule has 0 radical (unpaired) electrons. The molecular weight excluding hydrogens is 548 g/mol. The van der Waals surface area contributed by atoms with Crippen molar-refractivity contribution in [1.29, 1.82) is 0 Å². The summed E-state index contributed by atoms with van der Waals surface area (Å²) in [5.41, 5.74) is 7.22. The summed E-state index contributed by atoms with van der Waals surface area (Å²) in [6.45, 7) is 7.40. The summed E-state index contributed by atoms with van der Waals surface area (Å²) in [5, 5.41) is 16.2. The third-order valence-corrected chi connectivity index (χ3v) is 8.85. The summed E-state index contributed by atoms with van der Waals surface area (Å²) in [6, 6.07) is 10.6. The van der Waals surface area contributed by atoms with Gasteiger partial charge in [0.05, 0.1) is 34.6 Å². The average molecular weight is 587 g/mol. The van der Waals surface area contributed by atoms with Gasteiger partial charge >= 0.3 is 5.97 Å². The van der Waals surface area contributed by atoms with Gasteiger partial charge in [-0.3, -0.25) is 14.4 Å². The summed E-state index contributed by atoms with van der Waals surface area (Å²) in [6.07, 6.45) is 7.12. The molecule has 0 saturated heterocycles. The highest BCUT2D eigenvalue weighted by atomic mass is 16.6. The molecule has 1 spiro atoms. The molecule has 4 N–H and O–H groups in total. The van der Waals surface area contributed by atoms with Crippen molar-refractivity contribution < 1.29 is 19.1 Å². The van der Waals surface area contributed by atoms with Crippen LogP contribution in [0.5, 0.6) is 5.75 Å². The number of aromatic amines is 1. The third-order valence-electron chi connectivity index (χ3n) is 8.85. The van der Waals surface area contributed by atoms with Crippen LogP contribution in [0.3, 0.4) is 0 Å². The fourth-order valence-corrected chi connectivity index (χ4v) is 6.43. The predicted molar refractivity (Wildman–Crippen MR) is 161 cm³/mol. The fraction of sp³-hybridized carbons (Fsp3) is 0.469. The van der Waals surface area contributed by atoms with E-state index in [1.807, 2.05) is 38.1 Å². The molecule has 4 aromatic rings.